The van der Waals surface area contributed by atoms with Crippen LogP contribution in [0.2, 0.25) is 0 Å². The molecule has 1 aliphatic carbocycles. The summed E-state index contributed by atoms with van der Waals surface area (Å²) in [4.78, 5) is 28.0. The molecule has 4 heteroatoms. The van der Waals surface area contributed by atoms with Crippen LogP contribution in [0.15, 0.2) is 48.5 Å². The largest absolute Gasteiger partial charge is 0.454 e. The summed E-state index contributed by atoms with van der Waals surface area (Å²) in [6, 6.07) is 15.7. The average Bonchev–Trinajstić information content (AvgIpc) is 2.78. The second kappa shape index (κ2) is 7.66. The van der Waals surface area contributed by atoms with Crippen molar-refractivity contribution in [3.63, 3.8) is 0 Å². The average molecular weight is 389 g/mol. The summed E-state index contributed by atoms with van der Waals surface area (Å²) < 4.78 is 5.65. The van der Waals surface area contributed by atoms with Crippen molar-refractivity contribution < 1.29 is 14.3 Å². The number of fused-ring (bicyclic) bond motifs is 2. The summed E-state index contributed by atoms with van der Waals surface area (Å²) in [6.07, 6.45) is 7.57. The topological polar surface area (TPSA) is 46.6 Å². The van der Waals surface area contributed by atoms with Crippen molar-refractivity contribution in [3.8, 4) is 0 Å². The van der Waals surface area contributed by atoms with Crippen LogP contribution < -0.4 is 0 Å². The Morgan fingerprint density at radius 2 is 1.76 bits per heavy atom. The van der Waals surface area contributed by atoms with Gasteiger partial charge in [0.15, 0.2) is 0 Å². The normalized spacial score (nSPS) is 26.3. The number of benzene rings is 2. The number of esters is 1. The number of carbonyl (C=O) groups is 2. The number of ether oxygens (including phenoxy) is 1. The molecular weight excluding hydrogens is 362 g/mol. The summed E-state index contributed by atoms with van der Waals surface area (Å²) in [5, 5.41) is 0. The number of carbonyl (C=O) groups excluding carboxylic acids is 2. The van der Waals surface area contributed by atoms with E-state index in [1.807, 2.05) is 36.4 Å². The maximum absolute atomic E-state index is 13.4. The SMILES string of the molecule is O=C1O[C@@H](c2ccccc2)Cc2cc(C(=O)N3CCC[C@H]4CCCC[C@@H]43)ccc21. The summed E-state index contributed by atoms with van der Waals surface area (Å²) in [5.74, 6) is 0.487. The molecule has 3 aliphatic rings. The van der Waals surface area contributed by atoms with Crippen molar-refractivity contribution in [2.24, 2.45) is 5.92 Å². The third kappa shape index (κ3) is 3.45. The third-order valence-corrected chi connectivity index (χ3v) is 6.90. The highest BCUT2D eigenvalue weighted by Gasteiger charge is 2.36. The molecule has 0 N–H and O–H groups in total. The molecule has 1 saturated carbocycles. The predicted octanol–water partition coefficient (Wildman–Crippen LogP) is 4.94. The van der Waals surface area contributed by atoms with Crippen molar-refractivity contribution in [2.45, 2.75) is 57.1 Å². The van der Waals surface area contributed by atoms with Crippen LogP contribution in [0.1, 0.15) is 76.5 Å². The highest BCUT2D eigenvalue weighted by atomic mass is 16.5. The molecule has 2 heterocycles. The molecule has 2 aromatic rings. The Labute approximate surface area is 171 Å². The van der Waals surface area contributed by atoms with Crippen LogP contribution >= 0.6 is 0 Å². The maximum Gasteiger partial charge on any atom is 0.339 e. The van der Waals surface area contributed by atoms with E-state index in [9.17, 15) is 9.59 Å². The Bertz CT molecular complexity index is 921. The Morgan fingerprint density at radius 3 is 2.62 bits per heavy atom. The summed E-state index contributed by atoms with van der Waals surface area (Å²) in [6.45, 7) is 0.853. The first-order valence-corrected chi connectivity index (χ1v) is 10.9. The summed E-state index contributed by atoms with van der Waals surface area (Å²) >= 11 is 0. The zero-order valence-corrected chi connectivity index (χ0v) is 16.7. The van der Waals surface area contributed by atoms with E-state index in [1.165, 1.54) is 25.7 Å². The number of rotatable bonds is 2. The molecule has 0 spiro atoms. The van der Waals surface area contributed by atoms with Crippen LogP contribution in [0.4, 0.5) is 0 Å². The molecular formula is C25H27NO3. The van der Waals surface area contributed by atoms with Crippen molar-refractivity contribution >= 4 is 11.9 Å². The lowest BCUT2D eigenvalue weighted by molar-refractivity contribution is 0.0250. The van der Waals surface area contributed by atoms with E-state index in [0.29, 0.717) is 29.5 Å². The van der Waals surface area contributed by atoms with E-state index in [4.69, 9.17) is 4.74 Å². The van der Waals surface area contributed by atoms with E-state index in [2.05, 4.69) is 4.90 Å². The minimum atomic E-state index is -0.301. The highest BCUT2D eigenvalue weighted by molar-refractivity contribution is 5.98. The van der Waals surface area contributed by atoms with E-state index >= 15 is 0 Å². The van der Waals surface area contributed by atoms with Crippen LogP contribution in [-0.4, -0.2) is 29.4 Å². The van der Waals surface area contributed by atoms with Gasteiger partial charge >= 0.3 is 5.97 Å². The third-order valence-electron chi connectivity index (χ3n) is 6.90. The molecule has 0 radical (unpaired) electrons. The molecule has 29 heavy (non-hydrogen) atoms. The molecule has 0 bridgehead atoms. The number of piperidine rings is 1. The van der Waals surface area contributed by atoms with E-state index in [-0.39, 0.29) is 18.0 Å². The van der Waals surface area contributed by atoms with E-state index in [1.54, 1.807) is 12.1 Å². The minimum Gasteiger partial charge on any atom is -0.454 e. The van der Waals surface area contributed by atoms with Gasteiger partial charge in [-0.05, 0) is 60.9 Å². The summed E-state index contributed by atoms with van der Waals surface area (Å²) in [7, 11) is 0. The maximum atomic E-state index is 13.4. The van der Waals surface area contributed by atoms with Gasteiger partial charge in [-0.3, -0.25) is 4.79 Å². The van der Waals surface area contributed by atoms with Crippen LogP contribution in [0.3, 0.4) is 0 Å². The molecule has 1 saturated heterocycles. The first-order chi connectivity index (χ1) is 14.2. The molecule has 2 fully saturated rings. The van der Waals surface area contributed by atoms with Crippen molar-refractivity contribution in [1.82, 2.24) is 4.90 Å². The number of hydrogen-bond acceptors (Lipinski definition) is 3. The van der Waals surface area contributed by atoms with Gasteiger partial charge in [0.2, 0.25) is 0 Å². The molecule has 0 unspecified atom stereocenters. The van der Waals surface area contributed by atoms with Crippen LogP contribution in [0.5, 0.6) is 0 Å². The Hall–Kier alpha value is -2.62. The lowest BCUT2D eigenvalue weighted by Gasteiger charge is -2.44. The van der Waals surface area contributed by atoms with E-state index in [0.717, 1.165) is 30.5 Å². The molecule has 0 aromatic heterocycles. The molecule has 1 amide bonds. The Balaban J connectivity index is 1.41. The molecule has 3 atom stereocenters. The lowest BCUT2D eigenvalue weighted by atomic mass is 9.78. The van der Waals surface area contributed by atoms with Gasteiger partial charge in [-0.2, -0.15) is 0 Å². The summed E-state index contributed by atoms with van der Waals surface area (Å²) in [5.41, 5.74) is 3.20. The smallest absolute Gasteiger partial charge is 0.339 e. The predicted molar refractivity (Wildman–Crippen MR) is 111 cm³/mol. The zero-order chi connectivity index (χ0) is 19.8. The fourth-order valence-electron chi connectivity index (χ4n) is 5.43. The van der Waals surface area contributed by atoms with Gasteiger partial charge in [-0.25, -0.2) is 4.79 Å². The van der Waals surface area contributed by atoms with Crippen LogP contribution in [0.25, 0.3) is 0 Å². The number of likely N-dealkylation sites (tertiary alicyclic amines) is 1. The molecule has 5 rings (SSSR count). The lowest BCUT2D eigenvalue weighted by Crippen LogP contribution is -2.49. The fourth-order valence-corrected chi connectivity index (χ4v) is 5.43. The van der Waals surface area contributed by atoms with Crippen molar-refractivity contribution in [3.05, 3.63) is 70.8 Å². The number of nitrogens with zero attached hydrogens (tertiary/aromatic N) is 1. The van der Waals surface area contributed by atoms with Gasteiger partial charge in [-0.15, -0.1) is 0 Å². The van der Waals surface area contributed by atoms with Crippen LogP contribution in [-0.2, 0) is 11.2 Å². The second-order valence-corrected chi connectivity index (χ2v) is 8.63. The standard InChI is InChI=1S/C25H27NO3/c27-24(26-14-6-10-17-7-4-5-11-22(17)26)19-12-13-21-20(15-19)16-23(29-25(21)28)18-8-2-1-3-9-18/h1-3,8-9,12-13,15,17,22-23H,4-7,10-11,14,16H2/t17-,22+,23-/m1/s1. The second-order valence-electron chi connectivity index (χ2n) is 8.63. The zero-order valence-electron chi connectivity index (χ0n) is 16.7. The number of amides is 1. The molecule has 150 valence electrons. The fraction of sp³-hybridized carbons (Fsp3) is 0.440. The molecule has 2 aliphatic heterocycles. The van der Waals surface area contributed by atoms with Gasteiger partial charge in [0.05, 0.1) is 5.56 Å². The van der Waals surface area contributed by atoms with Gasteiger partial charge < -0.3 is 9.64 Å². The van der Waals surface area contributed by atoms with Gasteiger partial charge in [0.25, 0.3) is 5.91 Å². The highest BCUT2D eigenvalue weighted by Crippen LogP contribution is 2.36. The first-order valence-electron chi connectivity index (χ1n) is 10.9. The first kappa shape index (κ1) is 18.4. The van der Waals surface area contributed by atoms with E-state index < -0.39 is 0 Å². The van der Waals surface area contributed by atoms with Crippen molar-refractivity contribution in [1.29, 1.82) is 0 Å². The minimum absolute atomic E-state index is 0.125. The van der Waals surface area contributed by atoms with Crippen molar-refractivity contribution in [2.75, 3.05) is 6.54 Å². The number of hydrogen-bond donors (Lipinski definition) is 0. The van der Waals surface area contributed by atoms with Crippen LogP contribution in [0, 0.1) is 5.92 Å². The van der Waals surface area contributed by atoms with Gasteiger partial charge in [0.1, 0.15) is 6.10 Å². The number of cyclic esters (lactones) is 1. The molecule has 4 nitrogen and oxygen atoms in total. The molecule has 2 aromatic carbocycles. The van der Waals surface area contributed by atoms with Gasteiger partial charge in [0, 0.05) is 24.6 Å². The monoisotopic (exact) mass is 389 g/mol. The Morgan fingerprint density at radius 1 is 0.966 bits per heavy atom. The quantitative estimate of drug-likeness (QED) is 0.684. The van der Waals surface area contributed by atoms with Gasteiger partial charge in [-0.1, -0.05) is 43.2 Å². The Kier molecular flexibility index (Phi) is 4.86.